The summed E-state index contributed by atoms with van der Waals surface area (Å²) in [5, 5.41) is 4.88. The number of carbonyl (C=O) groups is 3. The number of hydrogen-bond acceptors (Lipinski definition) is 5. The number of nitrogens with zero attached hydrogens (tertiary/aromatic N) is 2. The van der Waals surface area contributed by atoms with Crippen molar-refractivity contribution in [3.63, 3.8) is 0 Å². The fraction of sp³-hybridized carbons (Fsp3) is 0.200. The van der Waals surface area contributed by atoms with E-state index in [1.165, 1.54) is 0 Å². The standard InChI is InChI=1S/C25H24N4O4/c1-16-3-10-22(26-12-16)17-4-6-18(7-5-17)23(28-25(32)27-15-30)14-29-13-19-8-9-20(33-2)11-21(19)24(29)31/h3-12,15,23H,13-14H2,1-2H3,(H2,27,28,30,32)/t23-/m0/s1. The lowest BCUT2D eigenvalue weighted by molar-refractivity contribution is -0.108. The number of pyridine rings is 1. The van der Waals surface area contributed by atoms with Gasteiger partial charge in [-0.15, -0.1) is 0 Å². The molecule has 1 aliphatic rings. The Balaban J connectivity index is 1.56. The lowest BCUT2D eigenvalue weighted by Crippen LogP contribution is -2.42. The lowest BCUT2D eigenvalue weighted by atomic mass is 10.0. The molecule has 4 amide bonds. The third kappa shape index (κ3) is 4.85. The third-order valence-corrected chi connectivity index (χ3v) is 5.61. The van der Waals surface area contributed by atoms with E-state index in [1.54, 1.807) is 18.1 Å². The van der Waals surface area contributed by atoms with Crippen LogP contribution in [0.4, 0.5) is 4.79 Å². The predicted octanol–water partition coefficient (Wildman–Crippen LogP) is 3.22. The van der Waals surface area contributed by atoms with Gasteiger partial charge in [0.05, 0.1) is 18.8 Å². The van der Waals surface area contributed by atoms with Crippen LogP contribution in [0.25, 0.3) is 11.3 Å². The van der Waals surface area contributed by atoms with Gasteiger partial charge in [-0.3, -0.25) is 19.9 Å². The summed E-state index contributed by atoms with van der Waals surface area (Å²) in [6, 6.07) is 15.8. The zero-order valence-corrected chi connectivity index (χ0v) is 18.4. The van der Waals surface area contributed by atoms with E-state index in [0.717, 1.165) is 27.9 Å². The fourth-order valence-electron chi connectivity index (χ4n) is 3.85. The number of urea groups is 1. The van der Waals surface area contributed by atoms with Gasteiger partial charge in [-0.2, -0.15) is 0 Å². The molecule has 168 valence electrons. The number of imide groups is 1. The molecule has 0 bridgehead atoms. The molecular weight excluding hydrogens is 420 g/mol. The summed E-state index contributed by atoms with van der Waals surface area (Å²) in [6.45, 7) is 2.65. The number of aromatic nitrogens is 1. The molecule has 0 saturated carbocycles. The van der Waals surface area contributed by atoms with Crippen molar-refractivity contribution in [3.8, 4) is 17.0 Å². The van der Waals surface area contributed by atoms with Gasteiger partial charge in [0, 0.05) is 30.4 Å². The largest absolute Gasteiger partial charge is 0.497 e. The fourth-order valence-corrected chi connectivity index (χ4v) is 3.85. The zero-order chi connectivity index (χ0) is 23.4. The van der Waals surface area contributed by atoms with Gasteiger partial charge in [-0.1, -0.05) is 36.4 Å². The summed E-state index contributed by atoms with van der Waals surface area (Å²) in [6.07, 6.45) is 2.13. The molecule has 1 atom stereocenters. The van der Waals surface area contributed by atoms with Crippen molar-refractivity contribution in [1.82, 2.24) is 20.5 Å². The van der Waals surface area contributed by atoms with Crippen LogP contribution in [0.2, 0.25) is 0 Å². The molecule has 8 nitrogen and oxygen atoms in total. The Morgan fingerprint density at radius 1 is 1.18 bits per heavy atom. The first-order valence-electron chi connectivity index (χ1n) is 10.5. The van der Waals surface area contributed by atoms with Gasteiger partial charge in [0.25, 0.3) is 5.91 Å². The van der Waals surface area contributed by atoms with E-state index in [4.69, 9.17) is 4.74 Å². The number of rotatable bonds is 7. The van der Waals surface area contributed by atoms with Crippen molar-refractivity contribution in [2.45, 2.75) is 19.5 Å². The number of hydrogen-bond donors (Lipinski definition) is 2. The molecule has 4 rings (SSSR count). The average molecular weight is 444 g/mol. The normalized spacial score (nSPS) is 13.3. The van der Waals surface area contributed by atoms with Gasteiger partial charge >= 0.3 is 6.03 Å². The van der Waals surface area contributed by atoms with Crippen LogP contribution in [-0.4, -0.2) is 41.9 Å². The first kappa shape index (κ1) is 22.0. The number of benzene rings is 2. The van der Waals surface area contributed by atoms with E-state index in [0.29, 0.717) is 24.3 Å². The minimum absolute atomic E-state index is 0.132. The van der Waals surface area contributed by atoms with Crippen LogP contribution in [0, 0.1) is 6.92 Å². The second-order valence-corrected chi connectivity index (χ2v) is 7.84. The Labute approximate surface area is 191 Å². The maximum Gasteiger partial charge on any atom is 0.321 e. The highest BCUT2D eigenvalue weighted by Crippen LogP contribution is 2.29. The van der Waals surface area contributed by atoms with E-state index >= 15 is 0 Å². The molecule has 1 aliphatic heterocycles. The number of ether oxygens (including phenoxy) is 1. The SMILES string of the molecule is COc1ccc2c(c1)C(=O)N(C[C@H](NC(=O)NC=O)c1ccc(-c3ccc(C)cn3)cc1)C2. The topological polar surface area (TPSA) is 101 Å². The Morgan fingerprint density at radius 2 is 1.97 bits per heavy atom. The van der Waals surface area contributed by atoms with E-state index in [-0.39, 0.29) is 12.5 Å². The molecule has 1 aromatic heterocycles. The number of nitrogens with one attached hydrogen (secondary N) is 2. The summed E-state index contributed by atoms with van der Waals surface area (Å²) < 4.78 is 5.23. The molecule has 0 radical (unpaired) electrons. The first-order valence-corrected chi connectivity index (χ1v) is 10.5. The van der Waals surface area contributed by atoms with Crippen molar-refractivity contribution in [2.24, 2.45) is 0 Å². The Kier molecular flexibility index (Phi) is 6.35. The van der Waals surface area contributed by atoms with Gasteiger partial charge in [0.1, 0.15) is 5.75 Å². The third-order valence-electron chi connectivity index (χ3n) is 5.61. The summed E-state index contributed by atoms with van der Waals surface area (Å²) in [7, 11) is 1.56. The van der Waals surface area contributed by atoms with Crippen LogP contribution in [0.5, 0.6) is 5.75 Å². The van der Waals surface area contributed by atoms with E-state index in [9.17, 15) is 14.4 Å². The Hall–Kier alpha value is -4.20. The highest BCUT2D eigenvalue weighted by atomic mass is 16.5. The number of fused-ring (bicyclic) bond motifs is 1. The van der Waals surface area contributed by atoms with Crippen molar-refractivity contribution >= 4 is 18.3 Å². The summed E-state index contributed by atoms with van der Waals surface area (Å²) in [4.78, 5) is 41.9. The van der Waals surface area contributed by atoms with Crippen molar-refractivity contribution in [3.05, 3.63) is 83.0 Å². The molecule has 3 aromatic rings. The van der Waals surface area contributed by atoms with E-state index in [1.807, 2.05) is 61.7 Å². The molecule has 2 aromatic carbocycles. The number of carbonyl (C=O) groups excluding carboxylic acids is 3. The molecule has 2 heterocycles. The van der Waals surface area contributed by atoms with Crippen LogP contribution in [0.3, 0.4) is 0 Å². The molecule has 0 aliphatic carbocycles. The molecule has 0 unspecified atom stereocenters. The number of aryl methyl sites for hydroxylation is 1. The van der Waals surface area contributed by atoms with Crippen LogP contribution < -0.4 is 15.4 Å². The molecular formula is C25H24N4O4. The molecule has 8 heteroatoms. The van der Waals surface area contributed by atoms with Gasteiger partial charge in [-0.25, -0.2) is 4.79 Å². The van der Waals surface area contributed by atoms with Crippen molar-refractivity contribution in [2.75, 3.05) is 13.7 Å². The quantitative estimate of drug-likeness (QED) is 0.545. The van der Waals surface area contributed by atoms with Gasteiger partial charge in [0.15, 0.2) is 0 Å². The average Bonchev–Trinajstić information content (AvgIpc) is 3.14. The summed E-state index contributed by atoms with van der Waals surface area (Å²) in [5.41, 5.74) is 5.15. The van der Waals surface area contributed by atoms with Crippen LogP contribution in [0.1, 0.15) is 33.1 Å². The summed E-state index contributed by atoms with van der Waals surface area (Å²) in [5.74, 6) is 0.483. The monoisotopic (exact) mass is 444 g/mol. The summed E-state index contributed by atoms with van der Waals surface area (Å²) >= 11 is 0. The lowest BCUT2D eigenvalue weighted by Gasteiger charge is -2.25. The number of methoxy groups -OCH3 is 1. The molecule has 2 N–H and O–H groups in total. The van der Waals surface area contributed by atoms with Gasteiger partial charge in [-0.05, 0) is 41.8 Å². The molecule has 0 saturated heterocycles. The number of amides is 4. The Bertz CT molecular complexity index is 1180. The van der Waals surface area contributed by atoms with E-state index in [2.05, 4.69) is 15.6 Å². The molecule has 0 fully saturated rings. The smallest absolute Gasteiger partial charge is 0.321 e. The first-order chi connectivity index (χ1) is 16.0. The van der Waals surface area contributed by atoms with Crippen molar-refractivity contribution < 1.29 is 19.1 Å². The highest BCUT2D eigenvalue weighted by Gasteiger charge is 2.30. The van der Waals surface area contributed by atoms with Crippen LogP contribution in [0.15, 0.2) is 60.8 Å². The van der Waals surface area contributed by atoms with Gasteiger partial charge < -0.3 is 15.0 Å². The highest BCUT2D eigenvalue weighted by molar-refractivity contribution is 5.98. The zero-order valence-electron chi connectivity index (χ0n) is 18.4. The van der Waals surface area contributed by atoms with Crippen LogP contribution >= 0.6 is 0 Å². The molecule has 33 heavy (non-hydrogen) atoms. The second-order valence-electron chi connectivity index (χ2n) is 7.84. The maximum atomic E-state index is 13.0. The maximum absolute atomic E-state index is 13.0. The van der Waals surface area contributed by atoms with Crippen molar-refractivity contribution in [1.29, 1.82) is 0 Å². The molecule has 0 spiro atoms. The van der Waals surface area contributed by atoms with Gasteiger partial charge in [0.2, 0.25) is 6.41 Å². The minimum Gasteiger partial charge on any atom is -0.497 e. The predicted molar refractivity (Wildman–Crippen MR) is 123 cm³/mol. The Morgan fingerprint density at radius 3 is 2.64 bits per heavy atom. The van der Waals surface area contributed by atoms with Crippen LogP contribution in [-0.2, 0) is 11.3 Å². The second kappa shape index (κ2) is 9.52. The van der Waals surface area contributed by atoms with E-state index < -0.39 is 12.1 Å². The minimum atomic E-state index is -0.634.